The van der Waals surface area contributed by atoms with E-state index in [9.17, 15) is 18.0 Å². The van der Waals surface area contributed by atoms with Gasteiger partial charge in [0.25, 0.3) is 0 Å². The van der Waals surface area contributed by atoms with Gasteiger partial charge in [-0.15, -0.1) is 0 Å². The summed E-state index contributed by atoms with van der Waals surface area (Å²) in [4.78, 5) is 10.9. The van der Waals surface area contributed by atoms with Gasteiger partial charge in [-0.25, -0.2) is 4.79 Å². The summed E-state index contributed by atoms with van der Waals surface area (Å²) in [5, 5.41) is 8.97. The number of hydrogen-bond donors (Lipinski definition) is 1. The minimum Gasteiger partial charge on any atom is -0.478 e. The maximum Gasteiger partial charge on any atom is 0.416 e. The first-order valence-corrected chi connectivity index (χ1v) is 7.01. The molecule has 0 radical (unpaired) electrons. The Balaban J connectivity index is 2.12. The number of alkyl halides is 3. The lowest BCUT2D eigenvalue weighted by Crippen LogP contribution is -2.04. The van der Waals surface area contributed by atoms with E-state index in [2.05, 4.69) is 0 Å². The van der Waals surface area contributed by atoms with E-state index in [1.54, 1.807) is 0 Å². The topological polar surface area (TPSA) is 37.3 Å². The van der Waals surface area contributed by atoms with Crippen LogP contribution in [0.3, 0.4) is 0 Å². The third-order valence-corrected chi connectivity index (χ3v) is 3.41. The van der Waals surface area contributed by atoms with Gasteiger partial charge in [-0.2, -0.15) is 13.2 Å². The zero-order valence-corrected chi connectivity index (χ0v) is 12.2. The summed E-state index contributed by atoms with van der Waals surface area (Å²) in [5.41, 5.74) is 1.47. The lowest BCUT2D eigenvalue weighted by atomic mass is 9.97. The first-order valence-electron chi connectivity index (χ1n) is 7.01. The third-order valence-electron chi connectivity index (χ3n) is 3.41. The van der Waals surface area contributed by atoms with E-state index in [0.29, 0.717) is 18.4 Å². The third kappa shape index (κ3) is 4.98. The Kier molecular flexibility index (Phi) is 5.21. The maximum atomic E-state index is 12.5. The highest BCUT2D eigenvalue weighted by Crippen LogP contribution is 2.29. The lowest BCUT2D eigenvalue weighted by Gasteiger charge is -2.09. The Labute approximate surface area is 131 Å². The minimum absolute atomic E-state index is 0.432. The van der Waals surface area contributed by atoms with Gasteiger partial charge >= 0.3 is 12.1 Å². The van der Waals surface area contributed by atoms with Crippen molar-refractivity contribution in [3.8, 4) is 0 Å². The molecule has 0 atom stereocenters. The fraction of sp³-hybridized carbons (Fsp3) is 0.167. The first-order chi connectivity index (χ1) is 10.9. The molecule has 2 aromatic carbocycles. The van der Waals surface area contributed by atoms with Crippen molar-refractivity contribution in [1.29, 1.82) is 0 Å². The molecule has 0 unspecified atom stereocenters. The molecule has 2 aromatic rings. The van der Waals surface area contributed by atoms with Gasteiger partial charge < -0.3 is 5.11 Å². The van der Waals surface area contributed by atoms with Gasteiger partial charge in [0.15, 0.2) is 0 Å². The molecule has 0 aromatic heterocycles. The van der Waals surface area contributed by atoms with Crippen molar-refractivity contribution >= 4 is 11.5 Å². The number of carboxylic acid groups (broad SMARTS) is 1. The Morgan fingerprint density at radius 1 is 1.00 bits per heavy atom. The molecule has 1 N–H and O–H groups in total. The van der Waals surface area contributed by atoms with Crippen LogP contribution in [0, 0.1) is 0 Å². The van der Waals surface area contributed by atoms with Crippen LogP contribution < -0.4 is 0 Å². The number of allylic oxidation sites excluding steroid dienone is 1. The molecule has 0 saturated carbocycles. The summed E-state index contributed by atoms with van der Waals surface area (Å²) >= 11 is 0. The van der Waals surface area contributed by atoms with Crippen LogP contribution in [0.2, 0.25) is 0 Å². The van der Waals surface area contributed by atoms with Gasteiger partial charge in [-0.3, -0.25) is 0 Å². The van der Waals surface area contributed by atoms with E-state index in [0.717, 1.165) is 29.3 Å². The second kappa shape index (κ2) is 7.13. The maximum absolute atomic E-state index is 12.5. The smallest absolute Gasteiger partial charge is 0.416 e. The largest absolute Gasteiger partial charge is 0.478 e. The number of aryl methyl sites for hydroxylation is 1. The summed E-state index contributed by atoms with van der Waals surface area (Å²) in [6.07, 6.45) is -2.32. The summed E-state index contributed by atoms with van der Waals surface area (Å²) in [6.45, 7) is 0. The van der Waals surface area contributed by atoms with Gasteiger partial charge in [0, 0.05) is 6.08 Å². The highest BCUT2D eigenvalue weighted by atomic mass is 19.4. The molecule has 0 fully saturated rings. The number of halogens is 3. The standard InChI is InChI=1S/C18H15F3O2/c19-18(20,21)16-10-7-13(8-11-16)6-9-15(12-17(22)23)14-4-2-1-3-5-14/h1-5,7-8,10-12H,6,9H2,(H,22,23). The Morgan fingerprint density at radius 3 is 2.13 bits per heavy atom. The Hall–Kier alpha value is -2.56. The Morgan fingerprint density at radius 2 is 1.61 bits per heavy atom. The highest BCUT2D eigenvalue weighted by molar-refractivity contribution is 5.90. The normalized spacial score (nSPS) is 12.2. The quantitative estimate of drug-likeness (QED) is 0.803. The van der Waals surface area contributed by atoms with Crippen LogP contribution in [0.1, 0.15) is 23.1 Å². The van der Waals surface area contributed by atoms with Crippen LogP contribution in [-0.2, 0) is 17.4 Å². The van der Waals surface area contributed by atoms with E-state index in [-0.39, 0.29) is 0 Å². The number of carboxylic acids is 1. The Bertz CT molecular complexity index is 686. The molecule has 2 nitrogen and oxygen atoms in total. The van der Waals surface area contributed by atoms with Crippen LogP contribution in [-0.4, -0.2) is 11.1 Å². The SMILES string of the molecule is O=C(O)C=C(CCc1ccc(C(F)(F)F)cc1)c1ccccc1. The molecule has 5 heteroatoms. The molecule has 120 valence electrons. The summed E-state index contributed by atoms with van der Waals surface area (Å²) in [5.74, 6) is -1.05. The lowest BCUT2D eigenvalue weighted by molar-refractivity contribution is -0.137. The van der Waals surface area contributed by atoms with E-state index < -0.39 is 17.7 Å². The minimum atomic E-state index is -4.35. The number of rotatable bonds is 5. The van der Waals surface area contributed by atoms with Crippen molar-refractivity contribution < 1.29 is 23.1 Å². The van der Waals surface area contributed by atoms with E-state index in [4.69, 9.17) is 5.11 Å². The van der Waals surface area contributed by atoms with Crippen molar-refractivity contribution in [2.45, 2.75) is 19.0 Å². The molecule has 2 rings (SSSR count). The average Bonchev–Trinajstić information content (AvgIpc) is 2.51. The molecule has 0 amide bonds. The molecular weight excluding hydrogens is 305 g/mol. The van der Waals surface area contributed by atoms with E-state index in [1.807, 2.05) is 30.3 Å². The van der Waals surface area contributed by atoms with Crippen molar-refractivity contribution in [2.75, 3.05) is 0 Å². The van der Waals surface area contributed by atoms with Gasteiger partial charge in [0.1, 0.15) is 0 Å². The number of aliphatic carboxylic acids is 1. The molecule has 0 spiro atoms. The number of benzene rings is 2. The zero-order chi connectivity index (χ0) is 16.9. The van der Waals surface area contributed by atoms with Crippen molar-refractivity contribution in [1.82, 2.24) is 0 Å². The highest BCUT2D eigenvalue weighted by Gasteiger charge is 2.29. The second-order valence-electron chi connectivity index (χ2n) is 5.07. The molecule has 0 aliphatic rings. The van der Waals surface area contributed by atoms with Gasteiger partial charge in [-0.05, 0) is 41.7 Å². The first kappa shape index (κ1) is 16.8. The predicted octanol–water partition coefficient (Wildman–Crippen LogP) is 4.81. The van der Waals surface area contributed by atoms with Crippen molar-refractivity contribution in [3.05, 3.63) is 77.4 Å². The summed E-state index contributed by atoms with van der Waals surface area (Å²) in [7, 11) is 0. The zero-order valence-electron chi connectivity index (χ0n) is 12.2. The van der Waals surface area contributed by atoms with Crippen molar-refractivity contribution in [2.24, 2.45) is 0 Å². The van der Waals surface area contributed by atoms with Gasteiger partial charge in [0.05, 0.1) is 5.56 Å². The monoisotopic (exact) mass is 320 g/mol. The van der Waals surface area contributed by atoms with Crippen LogP contribution in [0.25, 0.3) is 5.57 Å². The molecule has 0 heterocycles. The second-order valence-corrected chi connectivity index (χ2v) is 5.07. The summed E-state index contributed by atoms with van der Waals surface area (Å²) in [6, 6.07) is 14.0. The fourth-order valence-corrected chi connectivity index (χ4v) is 2.24. The average molecular weight is 320 g/mol. The summed E-state index contributed by atoms with van der Waals surface area (Å²) < 4.78 is 37.6. The van der Waals surface area contributed by atoms with Crippen LogP contribution in [0.15, 0.2) is 60.7 Å². The van der Waals surface area contributed by atoms with Crippen LogP contribution in [0.4, 0.5) is 13.2 Å². The van der Waals surface area contributed by atoms with E-state index >= 15 is 0 Å². The molecular formula is C18H15F3O2. The number of hydrogen-bond acceptors (Lipinski definition) is 1. The van der Waals surface area contributed by atoms with Gasteiger partial charge in [0.2, 0.25) is 0 Å². The molecule has 0 saturated heterocycles. The van der Waals surface area contributed by atoms with Crippen LogP contribution >= 0.6 is 0 Å². The van der Waals surface area contributed by atoms with Crippen molar-refractivity contribution in [3.63, 3.8) is 0 Å². The molecule has 0 bridgehead atoms. The fourth-order valence-electron chi connectivity index (χ4n) is 2.24. The van der Waals surface area contributed by atoms with Gasteiger partial charge in [-0.1, -0.05) is 42.5 Å². The van der Waals surface area contributed by atoms with E-state index in [1.165, 1.54) is 12.1 Å². The predicted molar refractivity (Wildman–Crippen MR) is 81.8 cm³/mol. The molecule has 23 heavy (non-hydrogen) atoms. The molecule has 0 aliphatic heterocycles. The molecule has 0 aliphatic carbocycles. The number of carbonyl (C=O) groups is 1. The van der Waals surface area contributed by atoms with Crippen LogP contribution in [0.5, 0.6) is 0 Å².